The number of pyridine rings is 1. The number of Topliss-reactive ketones (excluding diaryl/α,β-unsaturated/α-hetero) is 1. The van der Waals surface area contributed by atoms with Crippen molar-refractivity contribution in [2.75, 3.05) is 10.6 Å². The topological polar surface area (TPSA) is 71.1 Å². The predicted molar refractivity (Wildman–Crippen MR) is 103 cm³/mol. The lowest BCUT2D eigenvalue weighted by Crippen LogP contribution is -2.12. The number of anilines is 3. The van der Waals surface area contributed by atoms with E-state index in [4.69, 9.17) is 11.6 Å². The Morgan fingerprint density at radius 1 is 0.885 bits per heavy atom. The molecular weight excluding hydrogens is 350 g/mol. The Balaban J connectivity index is 1.75. The molecule has 1 amide bonds. The highest BCUT2D eigenvalue weighted by molar-refractivity contribution is 6.30. The van der Waals surface area contributed by atoms with Crippen LogP contribution in [0.15, 0.2) is 67.0 Å². The first-order chi connectivity index (χ1) is 12.5. The zero-order chi connectivity index (χ0) is 18.5. The second-order valence-corrected chi connectivity index (χ2v) is 6.12. The molecule has 0 radical (unpaired) electrons. The fourth-order valence-electron chi connectivity index (χ4n) is 2.35. The number of halogens is 1. The first kappa shape index (κ1) is 17.6. The van der Waals surface area contributed by atoms with Crippen LogP contribution in [0.4, 0.5) is 17.1 Å². The molecule has 0 unspecified atom stereocenters. The Bertz CT molecular complexity index is 955. The number of hydrogen-bond acceptors (Lipinski definition) is 4. The number of nitrogens with zero attached hydrogens (tertiary/aromatic N) is 1. The fraction of sp³-hybridized carbons (Fsp3) is 0.0500. The van der Waals surface area contributed by atoms with Gasteiger partial charge in [0.25, 0.3) is 5.91 Å². The van der Waals surface area contributed by atoms with E-state index in [2.05, 4.69) is 15.6 Å². The lowest BCUT2D eigenvalue weighted by Gasteiger charge is -2.09. The second kappa shape index (κ2) is 7.80. The largest absolute Gasteiger partial charge is 0.354 e. The number of carbonyl (C=O) groups excluding carboxylic acids is 2. The molecule has 0 aliphatic carbocycles. The molecule has 130 valence electrons. The molecule has 26 heavy (non-hydrogen) atoms. The standard InChI is InChI=1S/C20H16ClN3O2/c1-13(25)14-3-2-4-18(9-14)23-19-10-15(11-22-12-19)20(26)24-17-7-5-16(21)6-8-17/h2-12,23H,1H3,(H,24,26). The average Bonchev–Trinajstić information content (AvgIpc) is 2.64. The molecule has 1 heterocycles. The van der Waals surface area contributed by atoms with Crippen molar-refractivity contribution < 1.29 is 9.59 Å². The highest BCUT2D eigenvalue weighted by Crippen LogP contribution is 2.19. The molecule has 0 bridgehead atoms. The lowest BCUT2D eigenvalue weighted by molar-refractivity contribution is 0.101. The summed E-state index contributed by atoms with van der Waals surface area (Å²) in [7, 11) is 0. The van der Waals surface area contributed by atoms with E-state index in [-0.39, 0.29) is 11.7 Å². The summed E-state index contributed by atoms with van der Waals surface area (Å²) in [5.74, 6) is -0.288. The summed E-state index contributed by atoms with van der Waals surface area (Å²) in [4.78, 5) is 28.0. The van der Waals surface area contributed by atoms with Gasteiger partial charge in [0, 0.05) is 28.2 Å². The van der Waals surface area contributed by atoms with Crippen LogP contribution in [0.3, 0.4) is 0 Å². The molecule has 0 atom stereocenters. The Morgan fingerprint density at radius 2 is 1.62 bits per heavy atom. The second-order valence-electron chi connectivity index (χ2n) is 5.69. The number of carbonyl (C=O) groups is 2. The summed E-state index contributed by atoms with van der Waals surface area (Å²) >= 11 is 5.84. The minimum atomic E-state index is -0.277. The van der Waals surface area contributed by atoms with Crippen molar-refractivity contribution in [3.63, 3.8) is 0 Å². The summed E-state index contributed by atoms with van der Waals surface area (Å²) in [5, 5.41) is 6.54. The van der Waals surface area contributed by atoms with E-state index in [0.29, 0.717) is 27.5 Å². The third-order valence-electron chi connectivity index (χ3n) is 3.66. The maximum Gasteiger partial charge on any atom is 0.257 e. The number of nitrogens with one attached hydrogen (secondary N) is 2. The third-order valence-corrected chi connectivity index (χ3v) is 3.91. The molecule has 0 aliphatic heterocycles. The molecule has 1 aromatic heterocycles. The minimum Gasteiger partial charge on any atom is -0.354 e. The molecule has 3 aromatic rings. The van der Waals surface area contributed by atoms with Crippen LogP contribution < -0.4 is 10.6 Å². The monoisotopic (exact) mass is 365 g/mol. The van der Waals surface area contributed by atoms with Gasteiger partial charge in [0.2, 0.25) is 0 Å². The van der Waals surface area contributed by atoms with Gasteiger partial charge < -0.3 is 10.6 Å². The van der Waals surface area contributed by atoms with Crippen LogP contribution in [0.25, 0.3) is 0 Å². The minimum absolute atomic E-state index is 0.0112. The Morgan fingerprint density at radius 3 is 2.35 bits per heavy atom. The number of amides is 1. The maximum absolute atomic E-state index is 12.4. The van der Waals surface area contributed by atoms with Crippen molar-refractivity contribution in [2.45, 2.75) is 6.92 Å². The molecule has 2 aromatic carbocycles. The van der Waals surface area contributed by atoms with E-state index in [1.165, 1.54) is 13.1 Å². The van der Waals surface area contributed by atoms with Crippen molar-refractivity contribution in [3.8, 4) is 0 Å². The number of benzene rings is 2. The van der Waals surface area contributed by atoms with Gasteiger partial charge in [0.05, 0.1) is 17.4 Å². The van der Waals surface area contributed by atoms with Crippen molar-refractivity contribution in [3.05, 3.63) is 83.1 Å². The van der Waals surface area contributed by atoms with Gasteiger partial charge in [-0.2, -0.15) is 0 Å². The third kappa shape index (κ3) is 4.46. The molecule has 0 saturated carbocycles. The number of hydrogen-bond donors (Lipinski definition) is 2. The van der Waals surface area contributed by atoms with Gasteiger partial charge in [-0.25, -0.2) is 0 Å². The summed E-state index contributed by atoms with van der Waals surface area (Å²) in [6, 6.07) is 15.7. The summed E-state index contributed by atoms with van der Waals surface area (Å²) in [6.07, 6.45) is 3.10. The molecule has 0 saturated heterocycles. The smallest absolute Gasteiger partial charge is 0.257 e. The number of ketones is 1. The zero-order valence-electron chi connectivity index (χ0n) is 14.0. The average molecular weight is 366 g/mol. The quantitative estimate of drug-likeness (QED) is 0.628. The van der Waals surface area contributed by atoms with Gasteiger partial charge in [0.15, 0.2) is 5.78 Å². The Hall–Kier alpha value is -3.18. The first-order valence-electron chi connectivity index (χ1n) is 7.91. The normalized spacial score (nSPS) is 10.2. The van der Waals surface area contributed by atoms with Crippen LogP contribution in [0.5, 0.6) is 0 Å². The van der Waals surface area contributed by atoms with Gasteiger partial charge in [-0.05, 0) is 49.4 Å². The van der Waals surface area contributed by atoms with Gasteiger partial charge >= 0.3 is 0 Å². The van der Waals surface area contributed by atoms with E-state index >= 15 is 0 Å². The van der Waals surface area contributed by atoms with E-state index < -0.39 is 0 Å². The zero-order valence-corrected chi connectivity index (χ0v) is 14.7. The molecule has 2 N–H and O–H groups in total. The van der Waals surface area contributed by atoms with Gasteiger partial charge in [-0.15, -0.1) is 0 Å². The van der Waals surface area contributed by atoms with Gasteiger partial charge in [-0.3, -0.25) is 14.6 Å². The van der Waals surface area contributed by atoms with Crippen LogP contribution in [-0.4, -0.2) is 16.7 Å². The number of rotatable bonds is 5. The first-order valence-corrected chi connectivity index (χ1v) is 8.29. The highest BCUT2D eigenvalue weighted by Gasteiger charge is 2.08. The molecular formula is C20H16ClN3O2. The van der Waals surface area contributed by atoms with E-state index in [0.717, 1.165) is 5.69 Å². The van der Waals surface area contributed by atoms with Crippen molar-refractivity contribution >= 4 is 40.4 Å². The van der Waals surface area contributed by atoms with Gasteiger partial charge in [0.1, 0.15) is 0 Å². The summed E-state index contributed by atoms with van der Waals surface area (Å²) in [5.41, 5.74) is 3.06. The van der Waals surface area contributed by atoms with Crippen molar-refractivity contribution in [1.29, 1.82) is 0 Å². The van der Waals surface area contributed by atoms with Crippen LogP contribution in [-0.2, 0) is 0 Å². The van der Waals surface area contributed by atoms with E-state index in [1.54, 1.807) is 54.7 Å². The van der Waals surface area contributed by atoms with Crippen LogP contribution in [0, 0.1) is 0 Å². The van der Waals surface area contributed by atoms with E-state index in [1.807, 2.05) is 6.07 Å². The van der Waals surface area contributed by atoms with Gasteiger partial charge in [-0.1, -0.05) is 23.7 Å². The molecule has 6 heteroatoms. The highest BCUT2D eigenvalue weighted by atomic mass is 35.5. The van der Waals surface area contributed by atoms with Crippen LogP contribution in [0.1, 0.15) is 27.6 Å². The summed E-state index contributed by atoms with van der Waals surface area (Å²) < 4.78 is 0. The molecule has 0 spiro atoms. The number of aromatic nitrogens is 1. The predicted octanol–water partition coefficient (Wildman–Crippen LogP) is 4.93. The fourth-order valence-corrected chi connectivity index (χ4v) is 2.48. The lowest BCUT2D eigenvalue weighted by atomic mass is 10.1. The molecule has 0 aliphatic rings. The summed E-state index contributed by atoms with van der Waals surface area (Å²) in [6.45, 7) is 1.52. The van der Waals surface area contributed by atoms with E-state index in [9.17, 15) is 9.59 Å². The Kier molecular flexibility index (Phi) is 5.29. The molecule has 0 fully saturated rings. The Labute approximate surface area is 156 Å². The van der Waals surface area contributed by atoms with Crippen molar-refractivity contribution in [1.82, 2.24) is 4.98 Å². The SMILES string of the molecule is CC(=O)c1cccc(Nc2cncc(C(=O)Nc3ccc(Cl)cc3)c2)c1. The molecule has 5 nitrogen and oxygen atoms in total. The van der Waals surface area contributed by atoms with Crippen LogP contribution in [0.2, 0.25) is 5.02 Å². The maximum atomic E-state index is 12.4. The van der Waals surface area contributed by atoms with Crippen molar-refractivity contribution in [2.24, 2.45) is 0 Å². The van der Waals surface area contributed by atoms with Crippen LogP contribution >= 0.6 is 11.6 Å². The molecule has 3 rings (SSSR count).